The fraction of sp³-hybridized carbons (Fsp3) is 0.125. The summed E-state index contributed by atoms with van der Waals surface area (Å²) in [6.45, 7) is 2.21. The second-order valence-electron chi connectivity index (χ2n) is 6.87. The third-order valence-electron chi connectivity index (χ3n) is 4.79. The highest BCUT2D eigenvalue weighted by Crippen LogP contribution is 2.22. The molecule has 0 aliphatic rings. The monoisotopic (exact) mass is 417 g/mol. The molecule has 0 bridgehead atoms. The van der Waals surface area contributed by atoms with Gasteiger partial charge in [0.2, 0.25) is 0 Å². The van der Waals surface area contributed by atoms with Crippen molar-refractivity contribution < 1.29 is 13.9 Å². The van der Waals surface area contributed by atoms with Crippen LogP contribution in [-0.4, -0.2) is 22.1 Å². The Kier molecular flexibility index (Phi) is 5.75. The number of hydrogen-bond acceptors (Lipinski definition) is 4. The maximum atomic E-state index is 12.9. The van der Waals surface area contributed by atoms with E-state index < -0.39 is 0 Å². The van der Waals surface area contributed by atoms with Crippen molar-refractivity contribution in [2.24, 2.45) is 0 Å². The van der Waals surface area contributed by atoms with E-state index in [-0.39, 0.29) is 23.9 Å². The van der Waals surface area contributed by atoms with Crippen molar-refractivity contribution in [2.45, 2.75) is 13.5 Å². The fourth-order valence-electron chi connectivity index (χ4n) is 3.26. The molecule has 3 aromatic carbocycles. The summed E-state index contributed by atoms with van der Waals surface area (Å²) in [6, 6.07) is 19.8. The number of halogens is 1. The molecule has 6 nitrogen and oxygen atoms in total. The summed E-state index contributed by atoms with van der Waals surface area (Å²) < 4.78 is 20.1. The van der Waals surface area contributed by atoms with Crippen LogP contribution in [0, 0.1) is 5.82 Å². The number of amides is 1. The molecule has 0 fully saturated rings. The van der Waals surface area contributed by atoms with Crippen LogP contribution in [0.15, 0.2) is 77.6 Å². The topological polar surface area (TPSA) is 73.2 Å². The molecule has 156 valence electrons. The number of nitrogens with zero attached hydrogens (tertiary/aromatic N) is 2. The van der Waals surface area contributed by atoms with Crippen molar-refractivity contribution in [3.63, 3.8) is 0 Å². The molecule has 0 aliphatic carbocycles. The number of carbonyl (C=O) groups is 1. The number of para-hydroxylation sites is 1. The van der Waals surface area contributed by atoms with Crippen molar-refractivity contribution in [2.75, 3.05) is 11.9 Å². The van der Waals surface area contributed by atoms with Crippen LogP contribution in [0.3, 0.4) is 0 Å². The van der Waals surface area contributed by atoms with Crippen LogP contribution in [0.2, 0.25) is 0 Å². The number of rotatable bonds is 6. The normalized spacial score (nSPS) is 10.8. The molecule has 31 heavy (non-hydrogen) atoms. The molecule has 1 aromatic heterocycles. The molecule has 4 rings (SSSR count). The van der Waals surface area contributed by atoms with Crippen molar-refractivity contribution >= 4 is 22.5 Å². The second kappa shape index (κ2) is 8.79. The minimum absolute atomic E-state index is 0.0825. The minimum atomic E-state index is -0.372. The lowest BCUT2D eigenvalue weighted by Gasteiger charge is -2.12. The van der Waals surface area contributed by atoms with Crippen LogP contribution in [0.5, 0.6) is 5.75 Å². The van der Waals surface area contributed by atoms with Gasteiger partial charge in [-0.25, -0.2) is 9.37 Å². The Morgan fingerprint density at radius 2 is 1.74 bits per heavy atom. The molecule has 1 amide bonds. The van der Waals surface area contributed by atoms with Gasteiger partial charge in [-0.3, -0.25) is 14.2 Å². The van der Waals surface area contributed by atoms with E-state index in [9.17, 15) is 14.0 Å². The van der Waals surface area contributed by atoms with E-state index >= 15 is 0 Å². The summed E-state index contributed by atoms with van der Waals surface area (Å²) in [5, 5.41) is 3.22. The molecule has 0 atom stereocenters. The molecular weight excluding hydrogens is 397 g/mol. The largest absolute Gasteiger partial charge is 0.484 e. The van der Waals surface area contributed by atoms with Crippen LogP contribution in [-0.2, 0) is 11.3 Å². The molecule has 1 heterocycles. The van der Waals surface area contributed by atoms with Crippen molar-refractivity contribution in [3.8, 4) is 17.1 Å². The summed E-state index contributed by atoms with van der Waals surface area (Å²) >= 11 is 0. The van der Waals surface area contributed by atoms with Gasteiger partial charge in [0, 0.05) is 17.8 Å². The van der Waals surface area contributed by atoms with Crippen molar-refractivity contribution in [1.29, 1.82) is 0 Å². The summed E-state index contributed by atoms with van der Waals surface area (Å²) in [7, 11) is 0. The molecule has 0 spiro atoms. The van der Waals surface area contributed by atoms with E-state index in [1.54, 1.807) is 34.9 Å². The Bertz CT molecular complexity index is 1280. The number of ether oxygens (including phenoxy) is 1. The predicted octanol–water partition coefficient (Wildman–Crippen LogP) is 4.24. The lowest BCUT2D eigenvalue weighted by molar-refractivity contribution is -0.118. The Balaban J connectivity index is 1.49. The first-order valence-electron chi connectivity index (χ1n) is 9.83. The zero-order valence-corrected chi connectivity index (χ0v) is 16.8. The van der Waals surface area contributed by atoms with Gasteiger partial charge in [0.15, 0.2) is 6.61 Å². The standard InChI is InChI=1S/C24H20FN3O3/c1-2-28-23(27-21-6-4-3-5-20(21)24(28)30)16-7-13-19(14-8-16)31-15-22(29)26-18-11-9-17(25)10-12-18/h3-14H,2,15H2,1H3,(H,26,29). The summed E-state index contributed by atoms with van der Waals surface area (Å²) in [6.07, 6.45) is 0. The highest BCUT2D eigenvalue weighted by molar-refractivity contribution is 5.91. The number of benzene rings is 3. The first-order chi connectivity index (χ1) is 15.0. The molecule has 1 N–H and O–H groups in total. The Labute approximate surface area is 177 Å². The summed E-state index contributed by atoms with van der Waals surface area (Å²) in [4.78, 5) is 29.5. The Morgan fingerprint density at radius 3 is 2.45 bits per heavy atom. The third kappa shape index (κ3) is 4.45. The average Bonchev–Trinajstić information content (AvgIpc) is 2.79. The van der Waals surface area contributed by atoms with Crippen LogP contribution < -0.4 is 15.6 Å². The molecule has 4 aromatic rings. The first-order valence-corrected chi connectivity index (χ1v) is 9.83. The van der Waals surface area contributed by atoms with E-state index in [1.165, 1.54) is 24.3 Å². The Hall–Kier alpha value is -4.00. The van der Waals surface area contributed by atoms with E-state index in [1.807, 2.05) is 25.1 Å². The smallest absolute Gasteiger partial charge is 0.262 e. The molecule has 0 radical (unpaired) electrons. The minimum Gasteiger partial charge on any atom is -0.484 e. The fourth-order valence-corrected chi connectivity index (χ4v) is 3.26. The molecule has 0 saturated carbocycles. The second-order valence-corrected chi connectivity index (χ2v) is 6.87. The number of carbonyl (C=O) groups excluding carboxylic acids is 1. The number of nitrogens with one attached hydrogen (secondary N) is 1. The number of fused-ring (bicyclic) bond motifs is 1. The van der Waals surface area contributed by atoms with Gasteiger partial charge in [0.25, 0.3) is 11.5 Å². The van der Waals surface area contributed by atoms with E-state index in [2.05, 4.69) is 10.3 Å². The Morgan fingerprint density at radius 1 is 1.03 bits per heavy atom. The van der Waals surface area contributed by atoms with E-state index in [4.69, 9.17) is 4.74 Å². The quantitative estimate of drug-likeness (QED) is 0.509. The van der Waals surface area contributed by atoms with Gasteiger partial charge in [-0.05, 0) is 67.6 Å². The maximum absolute atomic E-state index is 12.9. The molecular formula is C24H20FN3O3. The average molecular weight is 417 g/mol. The number of anilines is 1. The number of hydrogen-bond donors (Lipinski definition) is 1. The van der Waals surface area contributed by atoms with Gasteiger partial charge < -0.3 is 10.1 Å². The van der Waals surface area contributed by atoms with E-state index in [0.717, 1.165) is 5.56 Å². The van der Waals surface area contributed by atoms with Crippen LogP contribution in [0.4, 0.5) is 10.1 Å². The maximum Gasteiger partial charge on any atom is 0.262 e. The molecule has 0 unspecified atom stereocenters. The van der Waals surface area contributed by atoms with E-state index in [0.29, 0.717) is 34.7 Å². The zero-order chi connectivity index (χ0) is 21.8. The number of aromatic nitrogens is 2. The van der Waals surface area contributed by atoms with Gasteiger partial charge in [0.05, 0.1) is 10.9 Å². The van der Waals surface area contributed by atoms with Crippen molar-refractivity contribution in [3.05, 3.63) is 89.0 Å². The SMILES string of the molecule is CCn1c(-c2ccc(OCC(=O)Nc3ccc(F)cc3)cc2)nc2ccccc2c1=O. The van der Waals surface area contributed by atoms with Gasteiger partial charge in [0.1, 0.15) is 17.4 Å². The lowest BCUT2D eigenvalue weighted by Crippen LogP contribution is -2.22. The first kappa shape index (κ1) is 20.3. The van der Waals surface area contributed by atoms with Crippen molar-refractivity contribution in [1.82, 2.24) is 9.55 Å². The predicted molar refractivity (Wildman–Crippen MR) is 118 cm³/mol. The molecule has 7 heteroatoms. The van der Waals surface area contributed by atoms with Gasteiger partial charge in [-0.1, -0.05) is 12.1 Å². The van der Waals surface area contributed by atoms with Crippen LogP contribution >= 0.6 is 0 Å². The highest BCUT2D eigenvalue weighted by Gasteiger charge is 2.12. The third-order valence-corrected chi connectivity index (χ3v) is 4.79. The van der Waals surface area contributed by atoms with Gasteiger partial charge in [-0.15, -0.1) is 0 Å². The van der Waals surface area contributed by atoms with Gasteiger partial charge >= 0.3 is 0 Å². The zero-order valence-electron chi connectivity index (χ0n) is 16.8. The molecule has 0 aliphatic heterocycles. The molecule has 0 saturated heterocycles. The van der Waals surface area contributed by atoms with Crippen LogP contribution in [0.1, 0.15) is 6.92 Å². The highest BCUT2D eigenvalue weighted by atomic mass is 19.1. The summed E-state index contributed by atoms with van der Waals surface area (Å²) in [5.41, 5.74) is 1.82. The van der Waals surface area contributed by atoms with Crippen LogP contribution in [0.25, 0.3) is 22.3 Å². The lowest BCUT2D eigenvalue weighted by atomic mass is 10.1. The van der Waals surface area contributed by atoms with Gasteiger partial charge in [-0.2, -0.15) is 0 Å². The summed E-state index contributed by atoms with van der Waals surface area (Å²) in [5.74, 6) is 0.353.